The van der Waals surface area contributed by atoms with Gasteiger partial charge in [-0.2, -0.15) is 0 Å². The number of carbonyl (C=O) groups excluding carboxylic acids is 2. The van der Waals surface area contributed by atoms with Gasteiger partial charge >= 0.3 is 12.0 Å². The summed E-state index contributed by atoms with van der Waals surface area (Å²) in [5.74, 6) is -0.214. The molecule has 2 saturated carbocycles. The van der Waals surface area contributed by atoms with Crippen molar-refractivity contribution in [2.45, 2.75) is 44.7 Å². The Morgan fingerprint density at radius 1 is 1.23 bits per heavy atom. The molecule has 1 aromatic rings. The number of carbonyl (C=O) groups is 3. The van der Waals surface area contributed by atoms with Gasteiger partial charge in [0.15, 0.2) is 5.78 Å². The van der Waals surface area contributed by atoms with Crippen LogP contribution in [-0.4, -0.2) is 53.0 Å². The maximum atomic E-state index is 12.1. The summed E-state index contributed by atoms with van der Waals surface area (Å²) >= 11 is 0. The van der Waals surface area contributed by atoms with Crippen molar-refractivity contribution >= 4 is 23.5 Å². The van der Waals surface area contributed by atoms with Crippen molar-refractivity contribution < 1.29 is 19.5 Å². The molecule has 0 unspecified atom stereocenters. The van der Waals surface area contributed by atoms with Crippen LogP contribution >= 0.6 is 0 Å². The molecule has 3 rings (SSSR count). The lowest BCUT2D eigenvalue weighted by Crippen LogP contribution is -2.55. The van der Waals surface area contributed by atoms with E-state index in [1.807, 2.05) is 4.90 Å². The second-order valence-corrected chi connectivity index (χ2v) is 7.32. The van der Waals surface area contributed by atoms with Crippen LogP contribution in [0, 0.1) is 5.92 Å². The molecule has 140 valence electrons. The first-order valence-electron chi connectivity index (χ1n) is 9.05. The largest absolute Gasteiger partial charge is 0.480 e. The first-order valence-corrected chi connectivity index (χ1v) is 9.05. The third-order valence-corrected chi connectivity index (χ3v) is 5.02. The van der Waals surface area contributed by atoms with Crippen LogP contribution < -0.4 is 10.6 Å². The van der Waals surface area contributed by atoms with Crippen LogP contribution in [0.3, 0.4) is 0 Å². The van der Waals surface area contributed by atoms with E-state index in [-0.39, 0.29) is 30.4 Å². The number of urea groups is 1. The molecule has 0 heterocycles. The fourth-order valence-corrected chi connectivity index (χ4v) is 3.32. The number of benzene rings is 1. The Morgan fingerprint density at radius 3 is 2.58 bits per heavy atom. The zero-order valence-electron chi connectivity index (χ0n) is 14.9. The van der Waals surface area contributed by atoms with E-state index < -0.39 is 5.97 Å². The minimum Gasteiger partial charge on any atom is -0.480 e. The van der Waals surface area contributed by atoms with Crippen molar-refractivity contribution in [2.24, 2.45) is 5.92 Å². The number of ketones is 1. The zero-order valence-corrected chi connectivity index (χ0v) is 14.9. The second-order valence-electron chi connectivity index (χ2n) is 7.32. The van der Waals surface area contributed by atoms with Crippen molar-refractivity contribution in [3.05, 3.63) is 29.8 Å². The quantitative estimate of drug-likeness (QED) is 0.619. The van der Waals surface area contributed by atoms with Crippen LogP contribution in [0.15, 0.2) is 24.3 Å². The topological polar surface area (TPSA) is 98.7 Å². The van der Waals surface area contributed by atoms with E-state index in [1.165, 1.54) is 19.8 Å². The third kappa shape index (κ3) is 5.05. The Labute approximate surface area is 152 Å². The lowest BCUT2D eigenvalue weighted by atomic mass is 9.85. The third-order valence-electron chi connectivity index (χ3n) is 5.02. The highest BCUT2D eigenvalue weighted by Gasteiger charge is 2.37. The van der Waals surface area contributed by atoms with Gasteiger partial charge in [-0.25, -0.2) is 4.79 Å². The van der Waals surface area contributed by atoms with Crippen LogP contribution in [0.2, 0.25) is 0 Å². The molecular weight excluding hydrogens is 334 g/mol. The average molecular weight is 359 g/mol. The highest BCUT2D eigenvalue weighted by molar-refractivity contribution is 5.96. The smallest absolute Gasteiger partial charge is 0.319 e. The number of hydrogen-bond donors (Lipinski definition) is 3. The Bertz CT molecular complexity index is 696. The molecule has 0 aromatic heterocycles. The minimum absolute atomic E-state index is 0.0477. The lowest BCUT2D eigenvalue weighted by Gasteiger charge is -2.42. The predicted octanol–water partition coefficient (Wildman–Crippen LogP) is 2.34. The van der Waals surface area contributed by atoms with Crippen LogP contribution in [-0.2, 0) is 4.79 Å². The molecule has 0 spiro atoms. The van der Waals surface area contributed by atoms with Gasteiger partial charge < -0.3 is 15.7 Å². The van der Waals surface area contributed by atoms with Crippen molar-refractivity contribution in [3.63, 3.8) is 0 Å². The fraction of sp³-hybridized carbons (Fsp3) is 0.526. The number of aliphatic carboxylic acids is 1. The van der Waals surface area contributed by atoms with Gasteiger partial charge in [0.05, 0.1) is 6.54 Å². The summed E-state index contributed by atoms with van der Waals surface area (Å²) in [5.41, 5.74) is 1.13. The van der Waals surface area contributed by atoms with E-state index in [0.29, 0.717) is 17.2 Å². The Balaban J connectivity index is 1.45. The molecule has 0 radical (unpaired) electrons. The SMILES string of the molecule is CC(=O)c1cccc(NC(=O)NC2CC(N(CC(=O)O)CC3CC3)C2)c1. The molecule has 2 aliphatic rings. The highest BCUT2D eigenvalue weighted by Crippen LogP contribution is 2.33. The lowest BCUT2D eigenvalue weighted by molar-refractivity contribution is -0.139. The van der Waals surface area contributed by atoms with Crippen LogP contribution in [0.4, 0.5) is 10.5 Å². The summed E-state index contributed by atoms with van der Waals surface area (Å²) in [5, 5.41) is 14.7. The van der Waals surface area contributed by atoms with E-state index >= 15 is 0 Å². The molecular formula is C19H25N3O4. The summed E-state index contributed by atoms with van der Waals surface area (Å²) in [6, 6.07) is 6.78. The number of amides is 2. The van der Waals surface area contributed by atoms with E-state index in [9.17, 15) is 14.4 Å². The molecule has 7 heteroatoms. The van der Waals surface area contributed by atoms with Gasteiger partial charge in [-0.15, -0.1) is 0 Å². The van der Waals surface area contributed by atoms with Gasteiger partial charge in [-0.05, 0) is 50.7 Å². The van der Waals surface area contributed by atoms with Crippen molar-refractivity contribution in [1.29, 1.82) is 0 Å². The highest BCUT2D eigenvalue weighted by atomic mass is 16.4. The zero-order chi connectivity index (χ0) is 18.7. The summed E-state index contributed by atoms with van der Waals surface area (Å²) in [6.45, 7) is 2.39. The number of carboxylic acid groups (broad SMARTS) is 1. The average Bonchev–Trinajstić information content (AvgIpc) is 3.33. The van der Waals surface area contributed by atoms with Crippen molar-refractivity contribution in [2.75, 3.05) is 18.4 Å². The van der Waals surface area contributed by atoms with Gasteiger partial charge in [0, 0.05) is 29.9 Å². The maximum absolute atomic E-state index is 12.1. The van der Waals surface area contributed by atoms with Crippen molar-refractivity contribution in [3.8, 4) is 0 Å². The van der Waals surface area contributed by atoms with Gasteiger partial charge in [-0.1, -0.05) is 12.1 Å². The summed E-state index contributed by atoms with van der Waals surface area (Å²) in [6.07, 6.45) is 3.90. The standard InChI is InChI=1S/C19H25N3O4/c1-12(23)14-3-2-4-15(7-14)20-19(26)21-16-8-17(9-16)22(11-18(24)25)10-13-5-6-13/h2-4,7,13,16-17H,5-6,8-11H2,1H3,(H,24,25)(H2,20,21,26). The second kappa shape index (κ2) is 7.86. The normalized spacial score (nSPS) is 21.8. The predicted molar refractivity (Wildman–Crippen MR) is 97.3 cm³/mol. The van der Waals surface area contributed by atoms with Gasteiger partial charge in [0.25, 0.3) is 0 Å². The number of Topliss-reactive ketones (excluding diaryl/α,β-unsaturated/α-hetero) is 1. The molecule has 2 fully saturated rings. The van der Waals surface area contributed by atoms with Gasteiger partial charge in [0.1, 0.15) is 0 Å². The van der Waals surface area contributed by atoms with Gasteiger partial charge in [-0.3, -0.25) is 14.5 Å². The number of anilines is 1. The first-order chi connectivity index (χ1) is 12.4. The number of hydrogen-bond acceptors (Lipinski definition) is 4. The number of nitrogens with zero attached hydrogens (tertiary/aromatic N) is 1. The van der Waals surface area contributed by atoms with E-state index in [1.54, 1.807) is 24.3 Å². The van der Waals surface area contributed by atoms with Gasteiger partial charge in [0.2, 0.25) is 0 Å². The summed E-state index contributed by atoms with van der Waals surface area (Å²) in [4.78, 5) is 36.6. The monoisotopic (exact) mass is 359 g/mol. The molecule has 7 nitrogen and oxygen atoms in total. The summed E-state index contributed by atoms with van der Waals surface area (Å²) < 4.78 is 0. The minimum atomic E-state index is -0.801. The maximum Gasteiger partial charge on any atom is 0.319 e. The Kier molecular flexibility index (Phi) is 5.56. The molecule has 0 aliphatic heterocycles. The number of nitrogens with one attached hydrogen (secondary N) is 2. The molecule has 0 saturated heterocycles. The molecule has 1 aromatic carbocycles. The van der Waals surface area contributed by atoms with Crippen LogP contribution in [0.1, 0.15) is 43.0 Å². The summed E-state index contributed by atoms with van der Waals surface area (Å²) in [7, 11) is 0. The fourth-order valence-electron chi connectivity index (χ4n) is 3.32. The van der Waals surface area contributed by atoms with E-state index in [4.69, 9.17) is 5.11 Å². The number of carboxylic acids is 1. The van der Waals surface area contributed by atoms with Crippen LogP contribution in [0.5, 0.6) is 0 Å². The molecule has 0 bridgehead atoms. The van der Waals surface area contributed by atoms with E-state index in [0.717, 1.165) is 19.4 Å². The molecule has 2 amide bonds. The van der Waals surface area contributed by atoms with Crippen molar-refractivity contribution in [1.82, 2.24) is 10.2 Å². The van der Waals surface area contributed by atoms with E-state index in [2.05, 4.69) is 10.6 Å². The molecule has 2 aliphatic carbocycles. The molecule has 3 N–H and O–H groups in total. The number of rotatable bonds is 8. The Hall–Kier alpha value is -2.41. The Morgan fingerprint density at radius 2 is 1.96 bits per heavy atom. The first kappa shape index (κ1) is 18.4. The van der Waals surface area contributed by atoms with Crippen LogP contribution in [0.25, 0.3) is 0 Å². The molecule has 26 heavy (non-hydrogen) atoms. The molecule has 0 atom stereocenters.